The predicted molar refractivity (Wildman–Crippen MR) is 86.5 cm³/mol. The molecule has 0 heterocycles. The van der Waals surface area contributed by atoms with Gasteiger partial charge >= 0.3 is 11.9 Å². The average Bonchev–Trinajstić information content (AvgIpc) is 2.58. The molecule has 25 heavy (non-hydrogen) atoms. The maximum Gasteiger partial charge on any atom is 0.328 e. The van der Waals surface area contributed by atoms with Crippen LogP contribution in [0.4, 0.5) is 0 Å². The van der Waals surface area contributed by atoms with E-state index in [1.165, 1.54) is 0 Å². The van der Waals surface area contributed by atoms with Crippen molar-refractivity contribution in [2.24, 2.45) is 28.6 Å². The second kappa shape index (κ2) is 7.65. The Morgan fingerprint density at radius 1 is 1.20 bits per heavy atom. The highest BCUT2D eigenvalue weighted by Crippen LogP contribution is 2.48. The number of hydrogen-bond acceptors (Lipinski definition) is 7. The summed E-state index contributed by atoms with van der Waals surface area (Å²) in [4.78, 5) is 37.2. The molecule has 0 aliphatic heterocycles. The van der Waals surface area contributed by atoms with E-state index in [1.54, 1.807) is 12.1 Å². The summed E-state index contributed by atoms with van der Waals surface area (Å²) >= 11 is 0. The number of carbonyl (C=O) groups is 3. The first-order chi connectivity index (χ1) is 11.6. The topological polar surface area (TPSA) is 117 Å². The van der Waals surface area contributed by atoms with Gasteiger partial charge in [-0.25, -0.2) is 0 Å². The summed E-state index contributed by atoms with van der Waals surface area (Å²) in [5, 5.41) is 19.3. The lowest BCUT2D eigenvalue weighted by Gasteiger charge is -2.42. The van der Waals surface area contributed by atoms with Gasteiger partial charge in [0.2, 0.25) is 0 Å². The van der Waals surface area contributed by atoms with Crippen molar-refractivity contribution in [2.45, 2.75) is 40.0 Å². The van der Waals surface area contributed by atoms with Gasteiger partial charge in [0.25, 0.3) is 0 Å². The van der Waals surface area contributed by atoms with Gasteiger partial charge in [0, 0.05) is 12.3 Å². The highest BCUT2D eigenvalue weighted by atomic mass is 16.5. The lowest BCUT2D eigenvalue weighted by molar-refractivity contribution is -0.167. The number of ether oxygens (including phenoxy) is 2. The molecule has 0 aromatic rings. The molecule has 0 saturated heterocycles. The number of hydrogen-bond donors (Lipinski definition) is 0. The maximum atomic E-state index is 12.6. The molecule has 1 rings (SSSR count). The van der Waals surface area contributed by atoms with E-state index in [-0.39, 0.29) is 30.0 Å². The molecule has 4 atom stereocenters. The molecule has 0 aromatic heterocycles. The largest absolute Gasteiger partial charge is 0.468 e. The van der Waals surface area contributed by atoms with Crippen LogP contribution in [0.5, 0.6) is 0 Å². The smallest absolute Gasteiger partial charge is 0.328 e. The van der Waals surface area contributed by atoms with Crippen molar-refractivity contribution in [3.63, 3.8) is 0 Å². The molecule has 0 spiro atoms. The molecule has 1 saturated carbocycles. The van der Waals surface area contributed by atoms with Crippen LogP contribution in [-0.4, -0.2) is 31.9 Å². The Kier molecular flexibility index (Phi) is 6.31. The van der Waals surface area contributed by atoms with Crippen molar-refractivity contribution in [1.29, 1.82) is 10.5 Å². The zero-order valence-corrected chi connectivity index (χ0v) is 15.3. The quantitative estimate of drug-likeness (QED) is 0.713. The van der Waals surface area contributed by atoms with E-state index >= 15 is 0 Å². The van der Waals surface area contributed by atoms with E-state index in [2.05, 4.69) is 4.74 Å². The lowest BCUT2D eigenvalue weighted by atomic mass is 9.58. The van der Waals surface area contributed by atoms with Crippen molar-refractivity contribution in [2.75, 3.05) is 14.2 Å². The van der Waals surface area contributed by atoms with Crippen LogP contribution in [0.3, 0.4) is 0 Å². The minimum Gasteiger partial charge on any atom is -0.468 e. The highest BCUT2D eigenvalue weighted by molar-refractivity contribution is 5.96. The Balaban J connectivity index is 3.53. The zero-order valence-electron chi connectivity index (χ0n) is 15.3. The van der Waals surface area contributed by atoms with E-state index in [9.17, 15) is 24.9 Å². The van der Waals surface area contributed by atoms with Gasteiger partial charge in [-0.15, -0.1) is 0 Å². The number of rotatable bonds is 4. The maximum absolute atomic E-state index is 12.6. The molecule has 1 aliphatic carbocycles. The van der Waals surface area contributed by atoms with E-state index in [0.29, 0.717) is 6.42 Å². The van der Waals surface area contributed by atoms with Crippen LogP contribution in [0, 0.1) is 51.2 Å². The Bertz CT molecular complexity index is 637. The third kappa shape index (κ3) is 3.66. The van der Waals surface area contributed by atoms with Crippen molar-refractivity contribution in [1.82, 2.24) is 0 Å². The van der Waals surface area contributed by atoms with Crippen LogP contribution in [0.1, 0.15) is 40.0 Å². The Hall–Kier alpha value is -2.41. The van der Waals surface area contributed by atoms with Gasteiger partial charge in [-0.05, 0) is 24.2 Å². The second-order valence-corrected chi connectivity index (χ2v) is 7.41. The summed E-state index contributed by atoms with van der Waals surface area (Å²) in [5.41, 5.74) is -2.36. The first-order valence-electron chi connectivity index (χ1n) is 8.09. The van der Waals surface area contributed by atoms with E-state index in [4.69, 9.17) is 4.74 Å². The summed E-state index contributed by atoms with van der Waals surface area (Å²) in [6.45, 7) is 6.04. The van der Waals surface area contributed by atoms with Crippen LogP contribution in [0.2, 0.25) is 0 Å². The molecule has 1 fully saturated rings. The van der Waals surface area contributed by atoms with Crippen molar-refractivity contribution < 1.29 is 23.9 Å². The molecule has 0 unspecified atom stereocenters. The van der Waals surface area contributed by atoms with Crippen molar-refractivity contribution in [3.8, 4) is 12.1 Å². The minimum atomic E-state index is -2.21. The first kappa shape index (κ1) is 20.6. The van der Waals surface area contributed by atoms with Crippen LogP contribution in [-0.2, 0) is 23.9 Å². The molecular formula is C18H24N2O5. The van der Waals surface area contributed by atoms with Gasteiger partial charge < -0.3 is 9.47 Å². The number of methoxy groups -OCH3 is 2. The van der Waals surface area contributed by atoms with Gasteiger partial charge in [0.15, 0.2) is 11.3 Å². The average molecular weight is 348 g/mol. The Morgan fingerprint density at radius 2 is 1.80 bits per heavy atom. The molecule has 0 aromatic carbocycles. The molecule has 1 aliphatic rings. The summed E-state index contributed by atoms with van der Waals surface area (Å²) in [5.74, 6) is -5.16. The normalized spacial score (nSPS) is 24.2. The number of ketones is 1. The fraction of sp³-hybridized carbons (Fsp3) is 0.722. The molecule has 136 valence electrons. The van der Waals surface area contributed by atoms with Gasteiger partial charge in [-0.1, -0.05) is 20.8 Å². The molecule has 0 radical (unpaired) electrons. The Morgan fingerprint density at radius 3 is 2.20 bits per heavy atom. The second-order valence-electron chi connectivity index (χ2n) is 7.41. The van der Waals surface area contributed by atoms with Crippen molar-refractivity contribution >= 4 is 17.7 Å². The first-order valence-corrected chi connectivity index (χ1v) is 8.09. The SMILES string of the molecule is COC(=O)[C@H](C#N)[C@](C#N)(C(=O)OC)[C@H]1C[C@@H](C(C)(C)C)CCC1=O. The monoisotopic (exact) mass is 348 g/mol. The molecule has 0 amide bonds. The number of nitriles is 2. The van der Waals surface area contributed by atoms with E-state index in [1.807, 2.05) is 20.8 Å². The fourth-order valence-corrected chi connectivity index (χ4v) is 3.53. The lowest BCUT2D eigenvalue weighted by Crippen LogP contribution is -2.52. The minimum absolute atomic E-state index is 0.0598. The predicted octanol–water partition coefficient (Wildman–Crippen LogP) is 2.01. The van der Waals surface area contributed by atoms with Crippen LogP contribution < -0.4 is 0 Å². The molecule has 7 nitrogen and oxygen atoms in total. The molecule has 0 N–H and O–H groups in total. The summed E-state index contributed by atoms with van der Waals surface area (Å²) in [6.07, 6.45) is 1.06. The molecule has 7 heteroatoms. The van der Waals surface area contributed by atoms with Crippen LogP contribution in [0.25, 0.3) is 0 Å². The number of Topliss-reactive ketones (excluding diaryl/α,β-unsaturated/α-hetero) is 1. The molecule has 0 bridgehead atoms. The van der Waals surface area contributed by atoms with Crippen molar-refractivity contribution in [3.05, 3.63) is 0 Å². The summed E-state index contributed by atoms with van der Waals surface area (Å²) in [7, 11) is 2.13. The Labute approximate surface area is 147 Å². The van der Waals surface area contributed by atoms with Crippen LogP contribution >= 0.6 is 0 Å². The highest BCUT2D eigenvalue weighted by Gasteiger charge is 2.61. The van der Waals surface area contributed by atoms with Gasteiger partial charge in [0.05, 0.1) is 26.4 Å². The zero-order chi connectivity index (χ0) is 19.4. The third-order valence-electron chi connectivity index (χ3n) is 5.15. The number of carbonyl (C=O) groups excluding carboxylic acids is 3. The summed E-state index contributed by atoms with van der Waals surface area (Å²) < 4.78 is 9.33. The number of esters is 2. The van der Waals surface area contributed by atoms with Crippen LogP contribution in [0.15, 0.2) is 0 Å². The third-order valence-corrected chi connectivity index (χ3v) is 5.15. The van der Waals surface area contributed by atoms with Gasteiger partial charge in [0.1, 0.15) is 5.78 Å². The number of nitrogens with zero attached hydrogens (tertiary/aromatic N) is 2. The fourth-order valence-electron chi connectivity index (χ4n) is 3.53. The van der Waals surface area contributed by atoms with E-state index < -0.39 is 29.2 Å². The van der Waals surface area contributed by atoms with Gasteiger partial charge in [-0.3, -0.25) is 14.4 Å². The summed E-state index contributed by atoms with van der Waals surface area (Å²) in [6, 6.07) is 3.47. The standard InChI is InChI=1S/C18H24N2O5/c1-17(2,3)11-6-7-14(21)12(8-11)18(10-20,16(23)25-5)13(9-19)15(22)24-4/h11-13H,6-8H2,1-5H3/t11-,12-,13-,18+/m0/s1. The molecular weight excluding hydrogens is 324 g/mol. The van der Waals surface area contributed by atoms with Gasteiger partial charge in [-0.2, -0.15) is 10.5 Å². The van der Waals surface area contributed by atoms with E-state index in [0.717, 1.165) is 14.2 Å².